The van der Waals surface area contributed by atoms with Crippen LogP contribution in [0.25, 0.3) is 17.1 Å². The van der Waals surface area contributed by atoms with Crippen LogP contribution < -0.4 is 0 Å². The van der Waals surface area contributed by atoms with E-state index in [2.05, 4.69) is 32.0 Å². The smallest absolute Gasteiger partial charge is 0.0894 e. The van der Waals surface area contributed by atoms with Crippen molar-refractivity contribution < 1.29 is 0 Å². The van der Waals surface area contributed by atoms with Crippen molar-refractivity contribution in [1.29, 1.82) is 0 Å². The Hall–Kier alpha value is -1.22. The number of alkyl halides is 1. The lowest BCUT2D eigenvalue weighted by atomic mass is 10.3. The summed E-state index contributed by atoms with van der Waals surface area (Å²) in [6.07, 6.45) is 6.90. The lowest BCUT2D eigenvalue weighted by Crippen LogP contribution is -1.86. The number of para-hydroxylation sites is 2. The van der Waals surface area contributed by atoms with Gasteiger partial charge < -0.3 is 0 Å². The van der Waals surface area contributed by atoms with Gasteiger partial charge in [0.15, 0.2) is 0 Å². The summed E-state index contributed by atoms with van der Waals surface area (Å²) in [5.41, 5.74) is 2.79. The number of benzene rings is 1. The number of fused-ring (bicyclic) bond motifs is 1. The molecule has 0 saturated carbocycles. The molecule has 1 heterocycles. The molecule has 0 aliphatic carbocycles. The summed E-state index contributed by atoms with van der Waals surface area (Å²) in [6, 6.07) is 7.89. The second-order valence-corrected chi connectivity index (χ2v) is 3.96. The van der Waals surface area contributed by atoms with Crippen LogP contribution in [0.4, 0.5) is 0 Å². The molecule has 0 saturated heterocycles. The summed E-state index contributed by atoms with van der Waals surface area (Å²) in [6.45, 7) is 0. The fourth-order valence-corrected chi connectivity index (χ4v) is 1.58. The molecule has 0 aliphatic rings. The van der Waals surface area contributed by atoms with Gasteiger partial charge in [-0.2, -0.15) is 0 Å². The first-order valence-electron chi connectivity index (χ1n) is 4.84. The molecule has 0 aliphatic heterocycles. The monoisotopic (exact) mass is 262 g/mol. The second kappa shape index (κ2) is 5.03. The van der Waals surface area contributed by atoms with Gasteiger partial charge in [0.2, 0.25) is 0 Å². The predicted octanol–water partition coefficient (Wildman–Crippen LogP) is 3.43. The van der Waals surface area contributed by atoms with Crippen LogP contribution in [0.5, 0.6) is 0 Å². The predicted molar refractivity (Wildman–Crippen MR) is 67.0 cm³/mol. The molecule has 76 valence electrons. The number of hydrogen-bond acceptors (Lipinski definition) is 2. The van der Waals surface area contributed by atoms with Gasteiger partial charge in [-0.3, -0.25) is 4.98 Å². The number of hydrogen-bond donors (Lipinski definition) is 0. The molecule has 2 aromatic rings. The van der Waals surface area contributed by atoms with E-state index >= 15 is 0 Å². The van der Waals surface area contributed by atoms with Gasteiger partial charge in [-0.25, -0.2) is 4.98 Å². The summed E-state index contributed by atoms with van der Waals surface area (Å²) in [5.74, 6) is 0. The lowest BCUT2D eigenvalue weighted by molar-refractivity contribution is 1.24. The van der Waals surface area contributed by atoms with Crippen molar-refractivity contribution >= 4 is 33.0 Å². The number of halogens is 1. The van der Waals surface area contributed by atoms with Gasteiger partial charge >= 0.3 is 0 Å². The zero-order valence-electron chi connectivity index (χ0n) is 8.23. The summed E-state index contributed by atoms with van der Waals surface area (Å²) in [4.78, 5) is 8.82. The van der Waals surface area contributed by atoms with Crippen molar-refractivity contribution in [2.75, 3.05) is 5.33 Å². The minimum absolute atomic E-state index is 0.912. The summed E-state index contributed by atoms with van der Waals surface area (Å²) >= 11 is 3.38. The van der Waals surface area contributed by atoms with E-state index < -0.39 is 0 Å². The topological polar surface area (TPSA) is 25.8 Å². The molecule has 0 atom stereocenters. The quantitative estimate of drug-likeness (QED) is 0.793. The highest BCUT2D eigenvalue weighted by Gasteiger charge is 1.94. The van der Waals surface area contributed by atoms with Crippen molar-refractivity contribution in [1.82, 2.24) is 9.97 Å². The molecule has 0 fully saturated rings. The first-order chi connectivity index (χ1) is 7.40. The summed E-state index contributed by atoms with van der Waals surface area (Å²) < 4.78 is 0. The lowest BCUT2D eigenvalue weighted by Gasteiger charge is -1.96. The highest BCUT2D eigenvalue weighted by Crippen LogP contribution is 2.09. The standard InChI is InChI=1S/C12H11BrN2/c13-8-4-3-5-10-9-14-11-6-1-2-7-12(11)15-10/h1-3,5-7,9H,4,8H2. The third kappa shape index (κ3) is 2.63. The minimum atomic E-state index is 0.912. The molecule has 1 aromatic carbocycles. The minimum Gasteiger partial charge on any atom is -0.252 e. The molecule has 1 aromatic heterocycles. The van der Waals surface area contributed by atoms with E-state index in [1.54, 1.807) is 6.20 Å². The SMILES string of the molecule is BrCCC=Cc1cnc2ccccc2n1. The van der Waals surface area contributed by atoms with Crippen LogP contribution in [0.1, 0.15) is 12.1 Å². The molecule has 0 N–H and O–H groups in total. The molecule has 0 radical (unpaired) electrons. The Morgan fingerprint density at radius 1 is 1.20 bits per heavy atom. The Morgan fingerprint density at radius 3 is 2.80 bits per heavy atom. The summed E-state index contributed by atoms with van der Waals surface area (Å²) in [7, 11) is 0. The molecule has 2 rings (SSSR count). The van der Waals surface area contributed by atoms with Gasteiger partial charge in [0.05, 0.1) is 22.9 Å². The molecule has 15 heavy (non-hydrogen) atoms. The van der Waals surface area contributed by atoms with Crippen LogP contribution in [0, 0.1) is 0 Å². The van der Waals surface area contributed by atoms with Crippen LogP contribution in [0.15, 0.2) is 36.5 Å². The highest BCUT2D eigenvalue weighted by molar-refractivity contribution is 9.09. The van der Waals surface area contributed by atoms with E-state index in [9.17, 15) is 0 Å². The van der Waals surface area contributed by atoms with E-state index in [4.69, 9.17) is 0 Å². The van der Waals surface area contributed by atoms with E-state index in [1.165, 1.54) is 0 Å². The van der Waals surface area contributed by atoms with Crippen LogP contribution in [0.2, 0.25) is 0 Å². The van der Waals surface area contributed by atoms with E-state index in [1.807, 2.05) is 30.3 Å². The van der Waals surface area contributed by atoms with Gasteiger partial charge in [0.25, 0.3) is 0 Å². The molecule has 3 heteroatoms. The molecule has 0 unspecified atom stereocenters. The van der Waals surface area contributed by atoms with Gasteiger partial charge in [-0.05, 0) is 24.6 Å². The van der Waals surface area contributed by atoms with Crippen molar-refractivity contribution in [3.05, 3.63) is 42.2 Å². The molecule has 0 bridgehead atoms. The fourth-order valence-electron chi connectivity index (χ4n) is 1.32. The molecule has 0 amide bonds. The van der Waals surface area contributed by atoms with Crippen LogP contribution in [-0.4, -0.2) is 15.3 Å². The molecular weight excluding hydrogens is 252 g/mol. The van der Waals surface area contributed by atoms with Crippen molar-refractivity contribution in [2.24, 2.45) is 0 Å². The third-order valence-electron chi connectivity index (χ3n) is 2.03. The normalized spacial score (nSPS) is 11.3. The van der Waals surface area contributed by atoms with Crippen LogP contribution in [0.3, 0.4) is 0 Å². The Kier molecular flexibility index (Phi) is 3.45. The van der Waals surface area contributed by atoms with E-state index in [0.29, 0.717) is 0 Å². The Labute approximate surface area is 97.2 Å². The Morgan fingerprint density at radius 2 is 2.00 bits per heavy atom. The number of rotatable bonds is 3. The first kappa shape index (κ1) is 10.3. The maximum atomic E-state index is 4.48. The van der Waals surface area contributed by atoms with E-state index in [0.717, 1.165) is 28.5 Å². The number of aromatic nitrogens is 2. The average molecular weight is 263 g/mol. The van der Waals surface area contributed by atoms with Crippen LogP contribution >= 0.6 is 15.9 Å². The first-order valence-corrected chi connectivity index (χ1v) is 5.96. The zero-order valence-corrected chi connectivity index (χ0v) is 9.81. The fraction of sp³-hybridized carbons (Fsp3) is 0.167. The zero-order chi connectivity index (χ0) is 10.5. The second-order valence-electron chi connectivity index (χ2n) is 3.16. The van der Waals surface area contributed by atoms with Crippen molar-refractivity contribution in [3.8, 4) is 0 Å². The highest BCUT2D eigenvalue weighted by atomic mass is 79.9. The molecular formula is C12H11BrN2. The largest absolute Gasteiger partial charge is 0.252 e. The number of allylic oxidation sites excluding steroid dienone is 1. The van der Waals surface area contributed by atoms with Gasteiger partial charge in [0.1, 0.15) is 0 Å². The number of nitrogens with zero attached hydrogens (tertiary/aromatic N) is 2. The van der Waals surface area contributed by atoms with Crippen LogP contribution in [-0.2, 0) is 0 Å². The summed E-state index contributed by atoms with van der Waals surface area (Å²) in [5, 5.41) is 0.977. The Balaban J connectivity index is 2.30. The molecule has 0 spiro atoms. The van der Waals surface area contributed by atoms with E-state index in [-0.39, 0.29) is 0 Å². The van der Waals surface area contributed by atoms with Crippen molar-refractivity contribution in [3.63, 3.8) is 0 Å². The third-order valence-corrected chi connectivity index (χ3v) is 2.49. The Bertz CT molecular complexity index is 480. The van der Waals surface area contributed by atoms with Gasteiger partial charge in [0, 0.05) is 5.33 Å². The van der Waals surface area contributed by atoms with Gasteiger partial charge in [-0.1, -0.05) is 34.1 Å². The van der Waals surface area contributed by atoms with Gasteiger partial charge in [-0.15, -0.1) is 0 Å². The maximum Gasteiger partial charge on any atom is 0.0894 e. The average Bonchev–Trinajstić information content (AvgIpc) is 2.29. The van der Waals surface area contributed by atoms with Crippen molar-refractivity contribution in [2.45, 2.75) is 6.42 Å². The molecule has 2 nitrogen and oxygen atoms in total. The maximum absolute atomic E-state index is 4.48.